The number of pyridine rings is 1. The van der Waals surface area contributed by atoms with Gasteiger partial charge in [-0.05, 0) is 25.3 Å². The van der Waals surface area contributed by atoms with Crippen molar-refractivity contribution in [3.8, 4) is 0 Å². The van der Waals surface area contributed by atoms with Gasteiger partial charge in [-0.2, -0.15) is 4.57 Å². The van der Waals surface area contributed by atoms with Gasteiger partial charge < -0.3 is 19.5 Å². The topological polar surface area (TPSA) is 52.6 Å². The summed E-state index contributed by atoms with van der Waals surface area (Å²) in [5.74, 6) is 0.534. The summed E-state index contributed by atoms with van der Waals surface area (Å²) in [6, 6.07) is 15.3. The fourth-order valence-electron chi connectivity index (χ4n) is 4.60. The number of carbonyl (C=O) groups is 1. The number of rotatable bonds is 2. The molecule has 162 valence electrons. The van der Waals surface area contributed by atoms with Crippen LogP contribution in [0.15, 0.2) is 48.7 Å². The van der Waals surface area contributed by atoms with Crippen molar-refractivity contribution in [2.45, 2.75) is 19.9 Å². The monoisotopic (exact) mass is 419 g/mol. The Morgan fingerprint density at radius 2 is 1.71 bits per heavy atom. The van der Waals surface area contributed by atoms with Crippen LogP contribution in [0.3, 0.4) is 0 Å². The van der Waals surface area contributed by atoms with E-state index >= 15 is 0 Å². The first-order valence-electron chi connectivity index (χ1n) is 10.9. The highest BCUT2D eigenvalue weighted by Gasteiger charge is 2.26. The summed E-state index contributed by atoms with van der Waals surface area (Å²) in [6.07, 6.45) is 5.75. The van der Waals surface area contributed by atoms with Gasteiger partial charge in [-0.25, -0.2) is 0 Å². The SMILES string of the molecule is CC(=O)O.CN1CCN(c2c(/C=C3\CC[n+]4ccccc43)c3ccccc3n2C)CC1. The molecule has 0 saturated carbocycles. The number of carboxylic acid groups (broad SMARTS) is 1. The van der Waals surface area contributed by atoms with E-state index in [0.29, 0.717) is 0 Å². The molecule has 0 bridgehead atoms. The van der Waals surface area contributed by atoms with E-state index in [0.717, 1.165) is 46.1 Å². The lowest BCUT2D eigenvalue weighted by Crippen LogP contribution is -2.45. The van der Waals surface area contributed by atoms with Crippen LogP contribution in [0.25, 0.3) is 22.6 Å². The van der Waals surface area contributed by atoms with E-state index < -0.39 is 5.97 Å². The third-order valence-corrected chi connectivity index (χ3v) is 6.13. The molecule has 1 aromatic carbocycles. The maximum absolute atomic E-state index is 9.00. The van der Waals surface area contributed by atoms with Crippen molar-refractivity contribution >= 4 is 34.3 Å². The number of aromatic nitrogens is 2. The third-order valence-electron chi connectivity index (χ3n) is 6.13. The molecular weight excluding hydrogens is 388 g/mol. The first-order chi connectivity index (χ1) is 15.0. The molecule has 0 unspecified atom stereocenters. The number of carboxylic acids is 1. The summed E-state index contributed by atoms with van der Waals surface area (Å²) in [5, 5.41) is 8.77. The minimum absolute atomic E-state index is 0.833. The molecule has 1 N–H and O–H groups in total. The second kappa shape index (κ2) is 8.94. The smallest absolute Gasteiger partial charge is 0.300 e. The van der Waals surface area contributed by atoms with Crippen LogP contribution in [-0.4, -0.2) is 53.8 Å². The number of fused-ring (bicyclic) bond motifs is 2. The number of aryl methyl sites for hydroxylation is 2. The summed E-state index contributed by atoms with van der Waals surface area (Å²) in [7, 11) is 4.43. The fraction of sp³-hybridized carbons (Fsp3) is 0.360. The normalized spacial score (nSPS) is 17.5. The predicted octanol–water partition coefficient (Wildman–Crippen LogP) is 3.25. The predicted molar refractivity (Wildman–Crippen MR) is 125 cm³/mol. The van der Waals surface area contributed by atoms with Gasteiger partial charge in [0.05, 0.1) is 0 Å². The minimum atomic E-state index is -0.833. The van der Waals surface area contributed by atoms with E-state index in [1.165, 1.54) is 33.6 Å². The van der Waals surface area contributed by atoms with Gasteiger partial charge in [0.2, 0.25) is 5.69 Å². The van der Waals surface area contributed by atoms with Gasteiger partial charge in [0, 0.05) is 80.7 Å². The van der Waals surface area contributed by atoms with Crippen LogP contribution in [0.1, 0.15) is 24.6 Å². The maximum atomic E-state index is 9.00. The van der Waals surface area contributed by atoms with Crippen molar-refractivity contribution in [2.24, 2.45) is 7.05 Å². The van der Waals surface area contributed by atoms with Crippen molar-refractivity contribution < 1.29 is 14.5 Å². The first kappa shape index (κ1) is 21.1. The Morgan fingerprint density at radius 1 is 1.03 bits per heavy atom. The number of anilines is 1. The Hall–Kier alpha value is -3.12. The Morgan fingerprint density at radius 3 is 2.45 bits per heavy atom. The lowest BCUT2D eigenvalue weighted by atomic mass is 10.0. The van der Waals surface area contributed by atoms with Gasteiger partial charge in [-0.15, -0.1) is 0 Å². The van der Waals surface area contributed by atoms with Gasteiger partial charge >= 0.3 is 0 Å². The molecule has 0 atom stereocenters. The zero-order valence-electron chi connectivity index (χ0n) is 18.6. The van der Waals surface area contributed by atoms with Gasteiger partial charge in [0.15, 0.2) is 12.7 Å². The van der Waals surface area contributed by atoms with E-state index in [1.807, 2.05) is 0 Å². The van der Waals surface area contributed by atoms with Crippen molar-refractivity contribution in [1.82, 2.24) is 9.47 Å². The Kier molecular flexibility index (Phi) is 6.09. The van der Waals surface area contributed by atoms with Crippen LogP contribution in [0.5, 0.6) is 0 Å². The molecule has 31 heavy (non-hydrogen) atoms. The molecule has 0 radical (unpaired) electrons. The lowest BCUT2D eigenvalue weighted by Gasteiger charge is -2.34. The van der Waals surface area contributed by atoms with Crippen molar-refractivity contribution in [1.29, 1.82) is 0 Å². The number of hydrogen-bond donors (Lipinski definition) is 1. The number of likely N-dealkylation sites (N-methyl/N-ethyl adjacent to an activating group) is 1. The van der Waals surface area contributed by atoms with Crippen LogP contribution in [-0.2, 0) is 18.4 Å². The number of allylic oxidation sites excluding steroid dienone is 1. The Labute approximate surface area is 183 Å². The zero-order chi connectivity index (χ0) is 22.0. The van der Waals surface area contributed by atoms with Crippen LogP contribution < -0.4 is 9.47 Å². The van der Waals surface area contributed by atoms with Gasteiger partial charge in [0.1, 0.15) is 5.82 Å². The average molecular weight is 420 g/mol. The molecule has 6 nitrogen and oxygen atoms in total. The molecule has 2 aliphatic rings. The second-order valence-corrected chi connectivity index (χ2v) is 8.32. The van der Waals surface area contributed by atoms with Crippen molar-refractivity contribution in [3.63, 3.8) is 0 Å². The molecule has 6 heteroatoms. The molecule has 0 spiro atoms. The Bertz CT molecular complexity index is 1120. The molecule has 1 fully saturated rings. The molecule has 0 aliphatic carbocycles. The number of hydrogen-bond acceptors (Lipinski definition) is 3. The fourth-order valence-corrected chi connectivity index (χ4v) is 4.60. The molecule has 2 aliphatic heterocycles. The number of piperazine rings is 1. The van der Waals surface area contributed by atoms with Crippen molar-refractivity contribution in [2.75, 3.05) is 38.1 Å². The van der Waals surface area contributed by atoms with Gasteiger partial charge in [-0.1, -0.05) is 18.2 Å². The first-order valence-corrected chi connectivity index (χ1v) is 10.9. The molecular formula is C25H31N4O2+. The summed E-state index contributed by atoms with van der Waals surface area (Å²) >= 11 is 0. The minimum Gasteiger partial charge on any atom is -0.481 e. The van der Waals surface area contributed by atoms with Gasteiger partial charge in [-0.3, -0.25) is 4.79 Å². The van der Waals surface area contributed by atoms with Crippen LogP contribution in [0, 0.1) is 0 Å². The van der Waals surface area contributed by atoms with E-state index in [1.54, 1.807) is 0 Å². The summed E-state index contributed by atoms with van der Waals surface area (Å²) in [4.78, 5) is 14.0. The molecule has 3 aromatic rings. The van der Waals surface area contributed by atoms with Gasteiger partial charge in [0.25, 0.3) is 5.97 Å². The molecule has 0 amide bonds. The van der Waals surface area contributed by atoms with Crippen LogP contribution in [0.4, 0.5) is 5.82 Å². The van der Waals surface area contributed by atoms with Crippen LogP contribution >= 0.6 is 0 Å². The standard InChI is InChI=1S/C23H27N4.C2H4O2/c1-24-13-15-27(16-14-24)23-20(19-7-3-4-9-22(19)25(23)2)17-18-10-12-26-11-6-5-8-21(18)26;1-2(3)4/h3-9,11,17H,10,12-16H2,1-2H3;1H3,(H,3,4)/q+1;. The Balaban J connectivity index is 0.000000535. The molecule has 2 aromatic heterocycles. The summed E-state index contributed by atoms with van der Waals surface area (Å²) in [5.41, 5.74) is 5.50. The second-order valence-electron chi connectivity index (χ2n) is 8.32. The third kappa shape index (κ3) is 4.35. The van der Waals surface area contributed by atoms with Crippen LogP contribution in [0.2, 0.25) is 0 Å². The quantitative estimate of drug-likeness (QED) is 0.648. The number of benzene rings is 1. The molecule has 5 rings (SSSR count). The highest BCUT2D eigenvalue weighted by atomic mass is 16.4. The number of para-hydroxylation sites is 1. The summed E-state index contributed by atoms with van der Waals surface area (Å²) < 4.78 is 4.76. The number of nitrogens with zero attached hydrogens (tertiary/aromatic N) is 4. The van der Waals surface area contributed by atoms with Crippen molar-refractivity contribution in [3.05, 3.63) is 59.9 Å². The maximum Gasteiger partial charge on any atom is 0.300 e. The highest BCUT2D eigenvalue weighted by Crippen LogP contribution is 2.36. The summed E-state index contributed by atoms with van der Waals surface area (Å²) in [6.45, 7) is 6.58. The van der Waals surface area contributed by atoms with E-state index in [9.17, 15) is 0 Å². The zero-order valence-corrected chi connectivity index (χ0v) is 18.6. The number of aliphatic carboxylic acids is 1. The lowest BCUT2D eigenvalue weighted by molar-refractivity contribution is -0.689. The molecule has 4 heterocycles. The molecule has 1 saturated heterocycles. The van der Waals surface area contributed by atoms with E-state index in [-0.39, 0.29) is 0 Å². The van der Waals surface area contributed by atoms with E-state index in [2.05, 4.69) is 87.8 Å². The van der Waals surface area contributed by atoms with E-state index in [4.69, 9.17) is 9.90 Å². The average Bonchev–Trinajstić information content (AvgIpc) is 3.28. The largest absolute Gasteiger partial charge is 0.481 e. The highest BCUT2D eigenvalue weighted by molar-refractivity contribution is 6.00.